The maximum atomic E-state index is 12.5. The topological polar surface area (TPSA) is 54.0 Å². The van der Waals surface area contributed by atoms with Crippen molar-refractivity contribution in [1.29, 1.82) is 0 Å². The summed E-state index contributed by atoms with van der Waals surface area (Å²) in [7, 11) is 0. The number of hydrogen-bond donors (Lipinski definition) is 2. The van der Waals surface area contributed by atoms with E-state index in [2.05, 4.69) is 15.6 Å². The third-order valence-corrected chi connectivity index (χ3v) is 4.66. The van der Waals surface area contributed by atoms with Crippen molar-refractivity contribution in [3.05, 3.63) is 88.2 Å². The second-order valence-electron chi connectivity index (χ2n) is 6.11. The maximum Gasteiger partial charge on any atom is 0.253 e. The molecule has 1 heterocycles. The first-order valence-electron chi connectivity index (χ1n) is 8.34. The zero-order valence-corrected chi connectivity index (χ0v) is 15.5. The molecule has 26 heavy (non-hydrogen) atoms. The lowest BCUT2D eigenvalue weighted by Gasteiger charge is -2.12. The number of halogens is 1. The molecule has 4 nitrogen and oxygen atoms in total. The summed E-state index contributed by atoms with van der Waals surface area (Å²) in [6, 6.07) is 15.4. The monoisotopic (exact) mass is 365 g/mol. The lowest BCUT2D eigenvalue weighted by molar-refractivity contribution is 0.0950. The van der Waals surface area contributed by atoms with E-state index in [9.17, 15) is 4.79 Å². The Morgan fingerprint density at radius 2 is 1.88 bits per heavy atom. The zero-order chi connectivity index (χ0) is 18.5. The summed E-state index contributed by atoms with van der Waals surface area (Å²) in [5.74, 6) is -0.160. The van der Waals surface area contributed by atoms with Crippen LogP contribution in [0.15, 0.2) is 60.9 Å². The van der Waals surface area contributed by atoms with Crippen LogP contribution in [0.4, 0.5) is 11.4 Å². The highest BCUT2D eigenvalue weighted by molar-refractivity contribution is 6.31. The minimum Gasteiger partial charge on any atom is -0.354 e. The number of rotatable bonds is 5. The number of amides is 1. The van der Waals surface area contributed by atoms with Gasteiger partial charge in [-0.25, -0.2) is 0 Å². The van der Waals surface area contributed by atoms with E-state index in [0.717, 1.165) is 28.1 Å². The molecule has 132 valence electrons. The van der Waals surface area contributed by atoms with Crippen LogP contribution in [0.25, 0.3) is 0 Å². The molecule has 2 aromatic carbocycles. The fourth-order valence-corrected chi connectivity index (χ4v) is 2.79. The van der Waals surface area contributed by atoms with Gasteiger partial charge in [-0.2, -0.15) is 0 Å². The molecule has 0 spiro atoms. The zero-order valence-electron chi connectivity index (χ0n) is 14.7. The maximum absolute atomic E-state index is 12.5. The van der Waals surface area contributed by atoms with Gasteiger partial charge in [-0.1, -0.05) is 41.9 Å². The molecule has 0 atom stereocenters. The quantitative estimate of drug-likeness (QED) is 0.667. The standard InChI is InChI=1S/C21H20ClN3O/c1-14-6-3-4-7-16(14)12-24-21(26)17-10-18(13-23-11-17)25-20-9-5-8-19(22)15(20)2/h3-11,13,25H,12H2,1-2H3,(H,24,26). The van der Waals surface area contributed by atoms with Crippen LogP contribution in [0.1, 0.15) is 27.0 Å². The highest BCUT2D eigenvalue weighted by Gasteiger charge is 2.09. The summed E-state index contributed by atoms with van der Waals surface area (Å²) in [5, 5.41) is 6.89. The number of nitrogens with one attached hydrogen (secondary N) is 2. The van der Waals surface area contributed by atoms with Gasteiger partial charge in [-0.05, 0) is 48.7 Å². The SMILES string of the molecule is Cc1ccccc1CNC(=O)c1cncc(Nc2cccc(Cl)c2C)c1. The summed E-state index contributed by atoms with van der Waals surface area (Å²) >= 11 is 6.15. The van der Waals surface area contributed by atoms with Gasteiger partial charge < -0.3 is 10.6 Å². The fraction of sp³-hybridized carbons (Fsp3) is 0.143. The third-order valence-electron chi connectivity index (χ3n) is 4.25. The van der Waals surface area contributed by atoms with Crippen molar-refractivity contribution in [2.45, 2.75) is 20.4 Å². The Morgan fingerprint density at radius 3 is 2.69 bits per heavy atom. The highest BCUT2D eigenvalue weighted by atomic mass is 35.5. The van der Waals surface area contributed by atoms with Crippen LogP contribution < -0.4 is 10.6 Å². The van der Waals surface area contributed by atoms with Crippen LogP contribution in [0.2, 0.25) is 5.02 Å². The number of hydrogen-bond acceptors (Lipinski definition) is 3. The van der Waals surface area contributed by atoms with Gasteiger partial charge >= 0.3 is 0 Å². The first-order chi connectivity index (χ1) is 12.5. The fourth-order valence-electron chi connectivity index (χ4n) is 2.62. The van der Waals surface area contributed by atoms with Gasteiger partial charge in [-0.3, -0.25) is 9.78 Å². The number of carbonyl (C=O) groups is 1. The van der Waals surface area contributed by atoms with Crippen LogP contribution in [0.3, 0.4) is 0 Å². The van der Waals surface area contributed by atoms with Gasteiger partial charge in [0.25, 0.3) is 5.91 Å². The predicted molar refractivity (Wildman–Crippen MR) is 106 cm³/mol. The average Bonchev–Trinajstić information content (AvgIpc) is 2.65. The molecule has 0 aliphatic heterocycles. The van der Waals surface area contributed by atoms with E-state index < -0.39 is 0 Å². The van der Waals surface area contributed by atoms with E-state index >= 15 is 0 Å². The van der Waals surface area contributed by atoms with Crippen LogP contribution in [0.5, 0.6) is 0 Å². The van der Waals surface area contributed by atoms with Gasteiger partial charge in [0.2, 0.25) is 0 Å². The molecule has 3 rings (SSSR count). The molecule has 0 saturated heterocycles. The molecule has 0 fully saturated rings. The number of pyridine rings is 1. The molecule has 0 aliphatic carbocycles. The Labute approximate surface area is 158 Å². The van der Waals surface area contributed by atoms with E-state index in [1.807, 2.05) is 56.3 Å². The number of carbonyl (C=O) groups excluding carboxylic acids is 1. The molecule has 0 aliphatic rings. The van der Waals surface area contributed by atoms with Gasteiger partial charge in [0.1, 0.15) is 0 Å². The molecule has 3 aromatic rings. The van der Waals surface area contributed by atoms with Crippen molar-refractivity contribution in [1.82, 2.24) is 10.3 Å². The second-order valence-corrected chi connectivity index (χ2v) is 6.52. The summed E-state index contributed by atoms with van der Waals surface area (Å²) in [6.07, 6.45) is 3.24. The molecule has 5 heteroatoms. The van der Waals surface area contributed by atoms with E-state index in [0.29, 0.717) is 17.1 Å². The first-order valence-corrected chi connectivity index (χ1v) is 8.72. The largest absolute Gasteiger partial charge is 0.354 e. The number of benzene rings is 2. The van der Waals surface area contributed by atoms with Crippen molar-refractivity contribution >= 4 is 28.9 Å². The first kappa shape index (κ1) is 18.0. The number of aromatic nitrogens is 1. The van der Waals surface area contributed by atoms with Crippen LogP contribution in [-0.2, 0) is 6.54 Å². The van der Waals surface area contributed by atoms with Crippen LogP contribution >= 0.6 is 11.6 Å². The minimum atomic E-state index is -0.160. The van der Waals surface area contributed by atoms with Gasteiger partial charge in [0.05, 0.1) is 17.4 Å². The van der Waals surface area contributed by atoms with Crippen molar-refractivity contribution in [2.24, 2.45) is 0 Å². The molecular formula is C21H20ClN3O. The second kappa shape index (κ2) is 8.02. The number of nitrogens with zero attached hydrogens (tertiary/aromatic N) is 1. The summed E-state index contributed by atoms with van der Waals surface area (Å²) in [5.41, 5.74) is 5.32. The molecule has 1 aromatic heterocycles. The van der Waals surface area contributed by atoms with E-state index in [1.165, 1.54) is 0 Å². The molecule has 0 saturated carbocycles. The Morgan fingerprint density at radius 1 is 1.08 bits per heavy atom. The Hall–Kier alpha value is -2.85. The van der Waals surface area contributed by atoms with Gasteiger partial charge in [0.15, 0.2) is 0 Å². The number of anilines is 2. The highest BCUT2D eigenvalue weighted by Crippen LogP contribution is 2.26. The Balaban J connectivity index is 1.71. The Bertz CT molecular complexity index is 940. The summed E-state index contributed by atoms with van der Waals surface area (Å²) < 4.78 is 0. The summed E-state index contributed by atoms with van der Waals surface area (Å²) in [4.78, 5) is 16.6. The van der Waals surface area contributed by atoms with Crippen LogP contribution in [-0.4, -0.2) is 10.9 Å². The van der Waals surface area contributed by atoms with Crippen molar-refractivity contribution < 1.29 is 4.79 Å². The lowest BCUT2D eigenvalue weighted by atomic mass is 10.1. The van der Waals surface area contributed by atoms with E-state index in [1.54, 1.807) is 18.5 Å². The third kappa shape index (κ3) is 4.21. The van der Waals surface area contributed by atoms with Crippen molar-refractivity contribution in [3.8, 4) is 0 Å². The molecule has 0 radical (unpaired) electrons. The lowest BCUT2D eigenvalue weighted by Crippen LogP contribution is -2.23. The average molecular weight is 366 g/mol. The van der Waals surface area contributed by atoms with Crippen LogP contribution in [0, 0.1) is 13.8 Å². The van der Waals surface area contributed by atoms with Gasteiger partial charge in [-0.15, -0.1) is 0 Å². The molecule has 1 amide bonds. The minimum absolute atomic E-state index is 0.160. The molecule has 0 bridgehead atoms. The van der Waals surface area contributed by atoms with E-state index in [4.69, 9.17) is 11.6 Å². The summed E-state index contributed by atoms with van der Waals surface area (Å²) in [6.45, 7) is 4.45. The molecule has 0 unspecified atom stereocenters. The predicted octanol–water partition coefficient (Wildman–Crippen LogP) is 5.03. The molecular weight excluding hydrogens is 346 g/mol. The van der Waals surface area contributed by atoms with Gasteiger partial charge in [0, 0.05) is 23.5 Å². The molecule has 2 N–H and O–H groups in total. The van der Waals surface area contributed by atoms with Crippen molar-refractivity contribution in [3.63, 3.8) is 0 Å². The Kier molecular flexibility index (Phi) is 5.54. The van der Waals surface area contributed by atoms with E-state index in [-0.39, 0.29) is 5.91 Å². The van der Waals surface area contributed by atoms with Crippen molar-refractivity contribution in [2.75, 3.05) is 5.32 Å². The smallest absolute Gasteiger partial charge is 0.253 e. The number of aryl methyl sites for hydroxylation is 1. The normalized spacial score (nSPS) is 10.4.